The Balaban J connectivity index is 0. The Morgan fingerprint density at radius 2 is 1.09 bits per heavy atom. The number of aliphatic hydroxyl groups is 1. The summed E-state index contributed by atoms with van der Waals surface area (Å²) in [5.74, 6) is 0. The standard InChI is InChI=1S/C17H38NO.CH2O3/c1-4-7-10-13-18(16-17-19,14-11-8-5-2)15-12-9-6-3;2-1(3)4/h19H,4-17H2,1-3H3;(H2,2,3,4)/q+1;/p-1. The Morgan fingerprint density at radius 1 is 0.783 bits per heavy atom. The average Bonchev–Trinajstić information content (AvgIpc) is 2.48. The summed E-state index contributed by atoms with van der Waals surface area (Å²) in [5.41, 5.74) is 0. The topological polar surface area (TPSA) is 80.6 Å². The van der Waals surface area contributed by atoms with Crippen molar-refractivity contribution >= 4 is 6.16 Å². The van der Waals surface area contributed by atoms with Gasteiger partial charge in [0.2, 0.25) is 6.16 Å². The minimum atomic E-state index is -2.08. The molecule has 140 valence electrons. The largest absolute Gasteiger partial charge is 0.565 e. The fraction of sp³-hybridized carbons (Fsp3) is 0.944. The van der Waals surface area contributed by atoms with E-state index >= 15 is 0 Å². The maximum Gasteiger partial charge on any atom is 0.249 e. The number of aliphatic hydroxyl groups excluding tert-OH is 1. The van der Waals surface area contributed by atoms with Crippen LogP contribution in [0, 0.1) is 0 Å². The molecular formula is C18H39NO4. The van der Waals surface area contributed by atoms with Gasteiger partial charge in [0.15, 0.2) is 0 Å². The average molecular weight is 334 g/mol. The zero-order valence-corrected chi connectivity index (χ0v) is 15.6. The van der Waals surface area contributed by atoms with Crippen molar-refractivity contribution in [2.24, 2.45) is 0 Å². The Morgan fingerprint density at radius 3 is 1.30 bits per heavy atom. The van der Waals surface area contributed by atoms with Crippen LogP contribution < -0.4 is 5.11 Å². The van der Waals surface area contributed by atoms with Crippen LogP contribution in [0.1, 0.15) is 78.6 Å². The SMILES string of the molecule is CCCCC[N+](CCO)(CCCCC)CCCCC.O=C([O-])O. The van der Waals surface area contributed by atoms with Gasteiger partial charge in [-0.2, -0.15) is 0 Å². The van der Waals surface area contributed by atoms with Crippen molar-refractivity contribution in [1.82, 2.24) is 0 Å². The highest BCUT2D eigenvalue weighted by Crippen LogP contribution is 2.16. The van der Waals surface area contributed by atoms with Gasteiger partial charge in [-0.05, 0) is 38.5 Å². The van der Waals surface area contributed by atoms with Gasteiger partial charge in [0.1, 0.15) is 6.54 Å². The van der Waals surface area contributed by atoms with Crippen LogP contribution in [0.5, 0.6) is 0 Å². The van der Waals surface area contributed by atoms with Crippen LogP contribution in [0.25, 0.3) is 0 Å². The first-order valence-corrected chi connectivity index (χ1v) is 9.33. The summed E-state index contributed by atoms with van der Waals surface area (Å²) in [6.07, 6.45) is 9.81. The van der Waals surface area contributed by atoms with Gasteiger partial charge in [-0.25, -0.2) is 0 Å². The molecular weight excluding hydrogens is 294 g/mol. The first-order chi connectivity index (χ1) is 11.0. The number of nitrogens with zero attached hydrogens (tertiary/aromatic N) is 1. The highest BCUT2D eigenvalue weighted by atomic mass is 16.6. The second-order valence-corrected chi connectivity index (χ2v) is 6.35. The molecule has 2 N–H and O–H groups in total. The molecule has 0 atom stereocenters. The van der Waals surface area contributed by atoms with Crippen LogP contribution in [0.2, 0.25) is 0 Å². The van der Waals surface area contributed by atoms with E-state index in [1.807, 2.05) is 0 Å². The molecule has 0 bridgehead atoms. The Hall–Kier alpha value is -0.810. The fourth-order valence-corrected chi connectivity index (χ4v) is 2.97. The van der Waals surface area contributed by atoms with E-state index in [-0.39, 0.29) is 0 Å². The summed E-state index contributed by atoms with van der Waals surface area (Å²) >= 11 is 0. The maximum atomic E-state index is 9.46. The highest BCUT2D eigenvalue weighted by Gasteiger charge is 2.25. The van der Waals surface area contributed by atoms with Crippen molar-refractivity contribution in [2.45, 2.75) is 78.6 Å². The normalized spacial score (nSPS) is 11.0. The quantitative estimate of drug-likeness (QED) is 0.378. The molecule has 0 aromatic rings. The lowest BCUT2D eigenvalue weighted by Gasteiger charge is -2.39. The number of hydrogen-bond acceptors (Lipinski definition) is 3. The minimum Gasteiger partial charge on any atom is -0.565 e. The van der Waals surface area contributed by atoms with Crippen LogP contribution in [-0.4, -0.2) is 53.6 Å². The second-order valence-electron chi connectivity index (χ2n) is 6.35. The van der Waals surface area contributed by atoms with Gasteiger partial charge in [0.05, 0.1) is 26.2 Å². The van der Waals surface area contributed by atoms with Crippen LogP contribution >= 0.6 is 0 Å². The van der Waals surface area contributed by atoms with Crippen molar-refractivity contribution in [3.63, 3.8) is 0 Å². The van der Waals surface area contributed by atoms with Crippen molar-refractivity contribution in [3.05, 3.63) is 0 Å². The third-order valence-corrected chi connectivity index (χ3v) is 4.28. The molecule has 0 spiro atoms. The van der Waals surface area contributed by atoms with Gasteiger partial charge in [0.25, 0.3) is 0 Å². The molecule has 0 aromatic carbocycles. The predicted octanol–water partition coefficient (Wildman–Crippen LogP) is 3.25. The number of hydrogen-bond donors (Lipinski definition) is 2. The summed E-state index contributed by atoms with van der Waals surface area (Å²) in [4.78, 5) is 8.44. The van der Waals surface area contributed by atoms with E-state index in [0.29, 0.717) is 6.61 Å². The molecule has 0 aliphatic heterocycles. The Bertz CT molecular complexity index is 229. The monoisotopic (exact) mass is 333 g/mol. The van der Waals surface area contributed by atoms with E-state index in [4.69, 9.17) is 15.0 Å². The lowest BCUT2D eigenvalue weighted by molar-refractivity contribution is -0.929. The van der Waals surface area contributed by atoms with E-state index in [0.717, 1.165) is 6.54 Å². The molecule has 23 heavy (non-hydrogen) atoms. The molecule has 0 aliphatic rings. The minimum absolute atomic E-state index is 0.352. The summed E-state index contributed by atoms with van der Waals surface area (Å²) in [5, 5.41) is 24.8. The second kappa shape index (κ2) is 17.5. The first-order valence-electron chi connectivity index (χ1n) is 9.33. The molecule has 0 radical (unpaired) electrons. The van der Waals surface area contributed by atoms with Gasteiger partial charge >= 0.3 is 0 Å². The predicted molar refractivity (Wildman–Crippen MR) is 93.4 cm³/mol. The van der Waals surface area contributed by atoms with E-state index in [2.05, 4.69) is 20.8 Å². The zero-order valence-electron chi connectivity index (χ0n) is 15.6. The van der Waals surface area contributed by atoms with Gasteiger partial charge in [-0.3, -0.25) is 0 Å². The van der Waals surface area contributed by atoms with E-state index in [1.165, 1.54) is 81.9 Å². The van der Waals surface area contributed by atoms with Gasteiger partial charge in [0, 0.05) is 0 Å². The van der Waals surface area contributed by atoms with E-state index in [9.17, 15) is 5.11 Å². The number of quaternary nitrogens is 1. The molecule has 0 saturated carbocycles. The van der Waals surface area contributed by atoms with Crippen LogP contribution in [0.3, 0.4) is 0 Å². The molecule has 0 aromatic heterocycles. The third-order valence-electron chi connectivity index (χ3n) is 4.28. The van der Waals surface area contributed by atoms with Crippen molar-refractivity contribution < 1.29 is 24.6 Å². The zero-order chi connectivity index (χ0) is 18.0. The molecule has 0 saturated heterocycles. The number of rotatable bonds is 14. The number of carbonyl (C=O) groups is 1. The summed E-state index contributed by atoms with van der Waals surface area (Å²) in [6.45, 7) is 12.0. The summed E-state index contributed by atoms with van der Waals surface area (Å²) in [6, 6.07) is 0. The smallest absolute Gasteiger partial charge is 0.249 e. The van der Waals surface area contributed by atoms with Crippen molar-refractivity contribution in [2.75, 3.05) is 32.8 Å². The van der Waals surface area contributed by atoms with Crippen LogP contribution in [0.4, 0.5) is 4.79 Å². The van der Waals surface area contributed by atoms with Crippen LogP contribution in [-0.2, 0) is 0 Å². The molecule has 0 amide bonds. The fourth-order valence-electron chi connectivity index (χ4n) is 2.97. The molecule has 0 aliphatic carbocycles. The number of unbranched alkanes of at least 4 members (excludes halogenated alkanes) is 6. The summed E-state index contributed by atoms with van der Waals surface area (Å²) < 4.78 is 1.18. The van der Waals surface area contributed by atoms with Crippen molar-refractivity contribution in [3.8, 4) is 0 Å². The molecule has 0 rings (SSSR count). The first kappa shape index (κ1) is 24.4. The van der Waals surface area contributed by atoms with Gasteiger partial charge < -0.3 is 24.6 Å². The summed E-state index contributed by atoms with van der Waals surface area (Å²) in [7, 11) is 0. The van der Waals surface area contributed by atoms with Crippen LogP contribution in [0.15, 0.2) is 0 Å². The molecule has 5 heteroatoms. The van der Waals surface area contributed by atoms with E-state index in [1.54, 1.807) is 0 Å². The van der Waals surface area contributed by atoms with Crippen molar-refractivity contribution in [1.29, 1.82) is 0 Å². The highest BCUT2D eigenvalue weighted by molar-refractivity contribution is 5.50. The lowest BCUT2D eigenvalue weighted by atomic mass is 10.1. The maximum absolute atomic E-state index is 9.46. The number of carboxylic acid groups (broad SMARTS) is 2. The molecule has 0 unspecified atom stereocenters. The van der Waals surface area contributed by atoms with E-state index < -0.39 is 6.16 Å². The lowest BCUT2D eigenvalue weighted by Crippen LogP contribution is -2.51. The van der Waals surface area contributed by atoms with Gasteiger partial charge in [-0.1, -0.05) is 40.0 Å². The Labute approximate surface area is 142 Å². The third kappa shape index (κ3) is 17.4. The molecule has 5 nitrogen and oxygen atoms in total. The van der Waals surface area contributed by atoms with Gasteiger partial charge in [-0.15, -0.1) is 0 Å². The molecule has 0 fully saturated rings. The Kier molecular flexibility index (Phi) is 18.6. The molecule has 0 heterocycles.